The molecule has 1 aromatic rings. The van der Waals surface area contributed by atoms with Crippen LogP contribution in [-0.4, -0.2) is 0 Å². The van der Waals surface area contributed by atoms with Crippen LogP contribution in [0, 0.1) is 5.92 Å². The molecule has 1 spiro atoms. The highest BCUT2D eigenvalue weighted by Gasteiger charge is 2.40. The molecule has 2 aliphatic carbocycles. The van der Waals surface area contributed by atoms with Crippen LogP contribution in [0.3, 0.4) is 0 Å². The molecule has 0 nitrogen and oxygen atoms in total. The standard InChI is InChI=1S/C17H24/c1-2-5-14-8-11-17(12-9-14)13-10-15-6-3-4-7-16(15)17/h3-4,6-7,14H,2,5,8-13H2,1H3. The summed E-state index contributed by atoms with van der Waals surface area (Å²) in [4.78, 5) is 0. The first-order valence-electron chi connectivity index (χ1n) is 7.42. The summed E-state index contributed by atoms with van der Waals surface area (Å²) in [6.45, 7) is 2.33. The fourth-order valence-electron chi connectivity index (χ4n) is 4.21. The zero-order chi connectivity index (χ0) is 11.7. The van der Waals surface area contributed by atoms with E-state index in [1.165, 1.54) is 51.4 Å². The summed E-state index contributed by atoms with van der Waals surface area (Å²) in [6, 6.07) is 9.20. The number of aryl methyl sites for hydroxylation is 1. The molecule has 0 bridgehead atoms. The largest absolute Gasteiger partial charge is 0.0654 e. The Morgan fingerprint density at radius 2 is 1.88 bits per heavy atom. The molecule has 0 heteroatoms. The highest BCUT2D eigenvalue weighted by Crippen LogP contribution is 2.50. The summed E-state index contributed by atoms with van der Waals surface area (Å²) in [5.41, 5.74) is 3.93. The second-order valence-corrected chi connectivity index (χ2v) is 6.17. The second kappa shape index (κ2) is 4.48. The Kier molecular flexibility index (Phi) is 2.98. The van der Waals surface area contributed by atoms with E-state index < -0.39 is 0 Å². The van der Waals surface area contributed by atoms with Gasteiger partial charge in [-0.2, -0.15) is 0 Å². The van der Waals surface area contributed by atoms with Crippen LogP contribution in [0.2, 0.25) is 0 Å². The van der Waals surface area contributed by atoms with Crippen LogP contribution in [-0.2, 0) is 11.8 Å². The molecule has 1 aromatic carbocycles. The maximum absolute atomic E-state index is 2.41. The molecule has 0 amide bonds. The van der Waals surface area contributed by atoms with Gasteiger partial charge >= 0.3 is 0 Å². The minimum atomic E-state index is 0.584. The predicted octanol–water partition coefficient (Wildman–Crippen LogP) is 4.86. The fraction of sp³-hybridized carbons (Fsp3) is 0.647. The molecule has 0 N–H and O–H groups in total. The molecule has 0 atom stereocenters. The summed E-state index contributed by atoms with van der Waals surface area (Å²) < 4.78 is 0. The van der Waals surface area contributed by atoms with E-state index in [2.05, 4.69) is 31.2 Å². The summed E-state index contributed by atoms with van der Waals surface area (Å²) in [6.07, 6.45) is 11.4. The first-order chi connectivity index (χ1) is 8.34. The molecule has 0 radical (unpaired) electrons. The molecule has 0 saturated heterocycles. The number of benzene rings is 1. The molecular weight excluding hydrogens is 204 g/mol. The summed E-state index contributed by atoms with van der Waals surface area (Å²) in [7, 11) is 0. The van der Waals surface area contributed by atoms with Gasteiger partial charge in [0.25, 0.3) is 0 Å². The van der Waals surface area contributed by atoms with Crippen LogP contribution in [0.1, 0.15) is 63.0 Å². The molecule has 1 fully saturated rings. The molecule has 17 heavy (non-hydrogen) atoms. The molecule has 92 valence electrons. The van der Waals surface area contributed by atoms with Crippen molar-refractivity contribution in [3.05, 3.63) is 35.4 Å². The van der Waals surface area contributed by atoms with Gasteiger partial charge in [0.15, 0.2) is 0 Å². The van der Waals surface area contributed by atoms with Crippen LogP contribution in [0.15, 0.2) is 24.3 Å². The van der Waals surface area contributed by atoms with Crippen molar-refractivity contribution in [3.8, 4) is 0 Å². The van der Waals surface area contributed by atoms with Crippen LogP contribution in [0.25, 0.3) is 0 Å². The summed E-state index contributed by atoms with van der Waals surface area (Å²) in [5.74, 6) is 1.03. The Balaban J connectivity index is 1.78. The van der Waals surface area contributed by atoms with Crippen LogP contribution >= 0.6 is 0 Å². The van der Waals surface area contributed by atoms with Gasteiger partial charge in [-0.15, -0.1) is 0 Å². The number of hydrogen-bond acceptors (Lipinski definition) is 0. The lowest BCUT2D eigenvalue weighted by Gasteiger charge is -2.38. The summed E-state index contributed by atoms with van der Waals surface area (Å²) >= 11 is 0. The van der Waals surface area contributed by atoms with E-state index in [-0.39, 0.29) is 0 Å². The van der Waals surface area contributed by atoms with E-state index in [9.17, 15) is 0 Å². The van der Waals surface area contributed by atoms with Crippen molar-refractivity contribution in [1.82, 2.24) is 0 Å². The quantitative estimate of drug-likeness (QED) is 0.678. The molecule has 0 aliphatic heterocycles. The van der Waals surface area contributed by atoms with Crippen molar-refractivity contribution in [3.63, 3.8) is 0 Å². The van der Waals surface area contributed by atoms with E-state index in [0.29, 0.717) is 5.41 Å². The van der Waals surface area contributed by atoms with Gasteiger partial charge in [-0.1, -0.05) is 44.0 Å². The molecule has 3 rings (SSSR count). The van der Waals surface area contributed by atoms with Crippen LogP contribution < -0.4 is 0 Å². The Morgan fingerprint density at radius 1 is 1.12 bits per heavy atom. The zero-order valence-electron chi connectivity index (χ0n) is 11.0. The smallest absolute Gasteiger partial charge is 0.00409 e. The maximum atomic E-state index is 2.41. The third-order valence-corrected chi connectivity index (χ3v) is 5.22. The van der Waals surface area contributed by atoms with E-state index in [4.69, 9.17) is 0 Å². The minimum absolute atomic E-state index is 0.584. The molecule has 1 saturated carbocycles. The van der Waals surface area contributed by atoms with Crippen LogP contribution in [0.4, 0.5) is 0 Å². The third-order valence-electron chi connectivity index (χ3n) is 5.22. The minimum Gasteiger partial charge on any atom is -0.0654 e. The third kappa shape index (κ3) is 1.92. The van der Waals surface area contributed by atoms with Crippen molar-refractivity contribution < 1.29 is 0 Å². The van der Waals surface area contributed by atoms with Gasteiger partial charge in [0.05, 0.1) is 0 Å². The number of fused-ring (bicyclic) bond motifs is 2. The highest BCUT2D eigenvalue weighted by molar-refractivity contribution is 5.39. The lowest BCUT2D eigenvalue weighted by atomic mass is 9.66. The van der Waals surface area contributed by atoms with E-state index in [0.717, 1.165) is 5.92 Å². The topological polar surface area (TPSA) is 0 Å². The Morgan fingerprint density at radius 3 is 2.65 bits per heavy atom. The van der Waals surface area contributed by atoms with Gasteiger partial charge in [-0.25, -0.2) is 0 Å². The van der Waals surface area contributed by atoms with Crippen molar-refractivity contribution >= 4 is 0 Å². The van der Waals surface area contributed by atoms with Crippen molar-refractivity contribution in [2.75, 3.05) is 0 Å². The first-order valence-corrected chi connectivity index (χ1v) is 7.42. The first kappa shape index (κ1) is 11.3. The zero-order valence-corrected chi connectivity index (χ0v) is 11.0. The fourth-order valence-corrected chi connectivity index (χ4v) is 4.21. The lowest BCUT2D eigenvalue weighted by Crippen LogP contribution is -2.29. The van der Waals surface area contributed by atoms with Crippen LogP contribution in [0.5, 0.6) is 0 Å². The van der Waals surface area contributed by atoms with Gasteiger partial charge in [-0.3, -0.25) is 0 Å². The SMILES string of the molecule is CCCC1CCC2(CCc3ccccc32)CC1. The number of hydrogen-bond donors (Lipinski definition) is 0. The average molecular weight is 228 g/mol. The van der Waals surface area contributed by atoms with Gasteiger partial charge in [-0.05, 0) is 61.0 Å². The van der Waals surface area contributed by atoms with Gasteiger partial charge < -0.3 is 0 Å². The molecular formula is C17H24. The van der Waals surface area contributed by atoms with Gasteiger partial charge in [0.2, 0.25) is 0 Å². The second-order valence-electron chi connectivity index (χ2n) is 6.17. The van der Waals surface area contributed by atoms with Gasteiger partial charge in [0.1, 0.15) is 0 Å². The Bertz CT molecular complexity index is 383. The molecule has 0 aromatic heterocycles. The van der Waals surface area contributed by atoms with Gasteiger partial charge in [0, 0.05) is 0 Å². The summed E-state index contributed by atoms with van der Waals surface area (Å²) in [5, 5.41) is 0. The van der Waals surface area contributed by atoms with E-state index in [1.54, 1.807) is 11.1 Å². The average Bonchev–Trinajstić information content (AvgIpc) is 2.73. The Hall–Kier alpha value is -0.780. The van der Waals surface area contributed by atoms with E-state index in [1.807, 2.05) is 0 Å². The number of rotatable bonds is 2. The monoisotopic (exact) mass is 228 g/mol. The predicted molar refractivity (Wildman–Crippen MR) is 73.3 cm³/mol. The molecule has 0 heterocycles. The van der Waals surface area contributed by atoms with E-state index >= 15 is 0 Å². The maximum Gasteiger partial charge on any atom is -0.00409 e. The normalized spacial score (nSPS) is 31.7. The molecule has 2 aliphatic rings. The highest BCUT2D eigenvalue weighted by atomic mass is 14.4. The van der Waals surface area contributed by atoms with Crippen molar-refractivity contribution in [2.45, 2.75) is 63.7 Å². The molecule has 0 unspecified atom stereocenters. The van der Waals surface area contributed by atoms with Crippen molar-refractivity contribution in [1.29, 1.82) is 0 Å². The lowest BCUT2D eigenvalue weighted by molar-refractivity contribution is 0.220. The Labute approximate surface area is 105 Å². The van der Waals surface area contributed by atoms with Crippen molar-refractivity contribution in [2.24, 2.45) is 5.92 Å².